The van der Waals surface area contributed by atoms with Crippen LogP contribution in [0.25, 0.3) is 5.95 Å². The van der Waals surface area contributed by atoms with Crippen molar-refractivity contribution in [1.82, 2.24) is 19.7 Å². The largest absolute Gasteiger partial charge is 0.366 e. The fraction of sp³-hybridized carbons (Fsp3) is 0.278. The topological polar surface area (TPSA) is 75.6 Å². The van der Waals surface area contributed by atoms with Crippen molar-refractivity contribution in [3.05, 3.63) is 70.3 Å². The van der Waals surface area contributed by atoms with Crippen LogP contribution in [0.3, 0.4) is 0 Å². The van der Waals surface area contributed by atoms with Crippen molar-refractivity contribution in [2.75, 3.05) is 11.9 Å². The summed E-state index contributed by atoms with van der Waals surface area (Å²) in [6, 6.07) is 3.43. The molecule has 2 N–H and O–H groups in total. The van der Waals surface area contributed by atoms with Gasteiger partial charge >= 0.3 is 0 Å². The first-order valence-corrected chi connectivity index (χ1v) is 7.89. The number of aryl methyl sites for hydroxylation is 2. The number of aromatic amines is 1. The first kappa shape index (κ1) is 17.5. The van der Waals surface area contributed by atoms with Crippen molar-refractivity contribution in [3.63, 3.8) is 0 Å². The molecule has 0 aliphatic carbocycles. The Labute approximate surface area is 141 Å². The van der Waals surface area contributed by atoms with Gasteiger partial charge in [-0.15, -0.1) is 0 Å². The molecule has 0 fully saturated rings. The SMILES string of the molecule is C=C/C=C\C=C(/C)CNc1cc(C)nn1-c1nc(CC)cc(=O)[nH]1. The second kappa shape index (κ2) is 8.10. The summed E-state index contributed by atoms with van der Waals surface area (Å²) >= 11 is 0. The average molecular weight is 325 g/mol. The lowest BCUT2D eigenvalue weighted by Gasteiger charge is -2.09. The Morgan fingerprint density at radius 3 is 2.92 bits per heavy atom. The Kier molecular flexibility index (Phi) is 5.89. The normalized spacial score (nSPS) is 11.9. The van der Waals surface area contributed by atoms with Gasteiger partial charge in [0.05, 0.1) is 5.69 Å². The lowest BCUT2D eigenvalue weighted by atomic mass is 10.2. The molecular formula is C18H23N5O. The van der Waals surface area contributed by atoms with Gasteiger partial charge in [0.25, 0.3) is 5.56 Å². The fourth-order valence-electron chi connectivity index (χ4n) is 2.15. The molecule has 6 nitrogen and oxygen atoms in total. The van der Waals surface area contributed by atoms with E-state index in [1.807, 2.05) is 45.1 Å². The van der Waals surface area contributed by atoms with E-state index in [1.165, 1.54) is 6.07 Å². The lowest BCUT2D eigenvalue weighted by Crippen LogP contribution is -2.17. The smallest absolute Gasteiger partial charge is 0.252 e. The van der Waals surface area contributed by atoms with E-state index < -0.39 is 0 Å². The number of H-pyrrole nitrogens is 1. The molecule has 2 rings (SSSR count). The van der Waals surface area contributed by atoms with Crippen LogP contribution in [0.2, 0.25) is 0 Å². The lowest BCUT2D eigenvalue weighted by molar-refractivity contribution is 0.779. The summed E-state index contributed by atoms with van der Waals surface area (Å²) in [7, 11) is 0. The minimum Gasteiger partial charge on any atom is -0.366 e. The predicted molar refractivity (Wildman–Crippen MR) is 97.7 cm³/mol. The molecule has 24 heavy (non-hydrogen) atoms. The zero-order valence-corrected chi connectivity index (χ0v) is 14.3. The minimum atomic E-state index is -0.179. The van der Waals surface area contributed by atoms with E-state index in [9.17, 15) is 4.79 Å². The first-order chi connectivity index (χ1) is 11.5. The highest BCUT2D eigenvalue weighted by Crippen LogP contribution is 2.14. The minimum absolute atomic E-state index is 0.179. The average Bonchev–Trinajstić information content (AvgIpc) is 2.93. The maximum absolute atomic E-state index is 11.8. The molecule has 0 spiro atoms. The molecule has 0 radical (unpaired) electrons. The molecule has 0 aromatic carbocycles. The first-order valence-electron chi connectivity index (χ1n) is 7.89. The van der Waals surface area contributed by atoms with E-state index in [1.54, 1.807) is 10.8 Å². The predicted octanol–water partition coefficient (Wildman–Crippen LogP) is 2.93. The molecule has 2 heterocycles. The van der Waals surface area contributed by atoms with Gasteiger partial charge in [-0.1, -0.05) is 43.4 Å². The molecule has 2 aromatic heterocycles. The summed E-state index contributed by atoms with van der Waals surface area (Å²) in [4.78, 5) is 19.0. The molecular weight excluding hydrogens is 302 g/mol. The van der Waals surface area contributed by atoms with Gasteiger partial charge in [-0.2, -0.15) is 9.78 Å². The molecule has 0 bridgehead atoms. The number of anilines is 1. The molecule has 2 aromatic rings. The van der Waals surface area contributed by atoms with Gasteiger partial charge < -0.3 is 5.32 Å². The zero-order valence-electron chi connectivity index (χ0n) is 14.3. The quantitative estimate of drug-likeness (QED) is 0.768. The van der Waals surface area contributed by atoms with Crippen LogP contribution in [0.15, 0.2) is 53.4 Å². The van der Waals surface area contributed by atoms with Crippen molar-refractivity contribution in [3.8, 4) is 5.95 Å². The number of hydrogen-bond donors (Lipinski definition) is 2. The molecule has 0 aliphatic heterocycles. The Hall–Kier alpha value is -2.89. The number of nitrogens with one attached hydrogen (secondary N) is 2. The third-order valence-electron chi connectivity index (χ3n) is 3.35. The van der Waals surface area contributed by atoms with Crippen LogP contribution in [0.4, 0.5) is 5.82 Å². The van der Waals surface area contributed by atoms with Crippen molar-refractivity contribution in [1.29, 1.82) is 0 Å². The summed E-state index contributed by atoms with van der Waals surface area (Å²) in [6.07, 6.45) is 8.26. The highest BCUT2D eigenvalue weighted by Gasteiger charge is 2.10. The van der Waals surface area contributed by atoms with Crippen molar-refractivity contribution in [2.45, 2.75) is 27.2 Å². The van der Waals surface area contributed by atoms with E-state index in [0.717, 1.165) is 22.8 Å². The van der Waals surface area contributed by atoms with E-state index in [2.05, 4.69) is 27.0 Å². The van der Waals surface area contributed by atoms with Crippen molar-refractivity contribution < 1.29 is 0 Å². The summed E-state index contributed by atoms with van der Waals surface area (Å²) in [6.45, 7) is 10.2. The summed E-state index contributed by atoms with van der Waals surface area (Å²) in [5.74, 6) is 1.20. The van der Waals surface area contributed by atoms with Gasteiger partial charge in [-0.25, -0.2) is 4.98 Å². The number of nitrogens with zero attached hydrogens (tertiary/aromatic N) is 3. The number of allylic oxidation sites excluding steroid dienone is 4. The Bertz CT molecular complexity index is 826. The molecule has 6 heteroatoms. The fourth-order valence-corrected chi connectivity index (χ4v) is 2.15. The van der Waals surface area contributed by atoms with Crippen LogP contribution in [-0.2, 0) is 6.42 Å². The maximum atomic E-state index is 11.8. The van der Waals surface area contributed by atoms with Gasteiger partial charge in [0.1, 0.15) is 5.82 Å². The Morgan fingerprint density at radius 1 is 1.42 bits per heavy atom. The monoisotopic (exact) mass is 325 g/mol. The second-order valence-corrected chi connectivity index (χ2v) is 5.48. The van der Waals surface area contributed by atoms with Crippen LogP contribution in [0.5, 0.6) is 0 Å². The standard InChI is InChI=1S/C18H23N5O/c1-5-7-8-9-13(3)12-19-16-10-14(4)22-23(16)18-20-15(6-2)11-17(24)21-18/h5,7-11,19H,1,6,12H2,2-4H3,(H,20,21,24)/b8-7-,13-9+. The van der Waals surface area contributed by atoms with Crippen molar-refractivity contribution in [2.24, 2.45) is 0 Å². The summed E-state index contributed by atoms with van der Waals surface area (Å²) in [5, 5.41) is 7.75. The third-order valence-corrected chi connectivity index (χ3v) is 3.35. The van der Waals surface area contributed by atoms with Gasteiger partial charge in [0, 0.05) is 24.4 Å². The highest BCUT2D eigenvalue weighted by molar-refractivity contribution is 5.43. The summed E-state index contributed by atoms with van der Waals surface area (Å²) < 4.78 is 1.63. The van der Waals surface area contributed by atoms with Crippen molar-refractivity contribution >= 4 is 5.82 Å². The zero-order chi connectivity index (χ0) is 17.5. The molecule has 0 amide bonds. The Balaban J connectivity index is 2.26. The molecule has 0 atom stereocenters. The second-order valence-electron chi connectivity index (χ2n) is 5.48. The highest BCUT2D eigenvalue weighted by atomic mass is 16.1. The van der Waals surface area contributed by atoms with Crippen LogP contribution >= 0.6 is 0 Å². The van der Waals surface area contributed by atoms with Crippen LogP contribution < -0.4 is 10.9 Å². The third kappa shape index (κ3) is 4.55. The van der Waals surface area contributed by atoms with Crippen LogP contribution in [-0.4, -0.2) is 26.3 Å². The van der Waals surface area contributed by atoms with Gasteiger partial charge in [-0.05, 0) is 20.3 Å². The van der Waals surface area contributed by atoms with Crippen LogP contribution in [0.1, 0.15) is 25.2 Å². The van der Waals surface area contributed by atoms with E-state index in [0.29, 0.717) is 18.9 Å². The number of hydrogen-bond acceptors (Lipinski definition) is 4. The number of rotatable bonds is 7. The molecule has 0 saturated heterocycles. The Morgan fingerprint density at radius 2 is 2.21 bits per heavy atom. The molecule has 0 aliphatic rings. The van der Waals surface area contributed by atoms with Gasteiger partial charge in [0.15, 0.2) is 0 Å². The molecule has 0 saturated carbocycles. The van der Waals surface area contributed by atoms with Gasteiger partial charge in [-0.3, -0.25) is 9.78 Å². The van der Waals surface area contributed by atoms with E-state index in [-0.39, 0.29) is 5.56 Å². The van der Waals surface area contributed by atoms with Gasteiger partial charge in [0.2, 0.25) is 5.95 Å². The van der Waals surface area contributed by atoms with Crippen LogP contribution in [0, 0.1) is 6.92 Å². The maximum Gasteiger partial charge on any atom is 0.252 e. The number of aromatic nitrogens is 4. The summed E-state index contributed by atoms with van der Waals surface area (Å²) in [5.41, 5.74) is 2.55. The molecule has 0 unspecified atom stereocenters. The van der Waals surface area contributed by atoms with E-state index >= 15 is 0 Å². The molecule has 126 valence electrons. The van der Waals surface area contributed by atoms with E-state index in [4.69, 9.17) is 0 Å².